The van der Waals surface area contributed by atoms with Crippen molar-refractivity contribution in [2.24, 2.45) is 11.8 Å². The number of aliphatic carboxylic acids is 1. The third kappa shape index (κ3) is 3.07. The zero-order valence-corrected chi connectivity index (χ0v) is 13.8. The molecule has 2 aromatic rings. The van der Waals surface area contributed by atoms with Gasteiger partial charge in [0.15, 0.2) is 0 Å². The third-order valence-electron chi connectivity index (χ3n) is 4.70. The summed E-state index contributed by atoms with van der Waals surface area (Å²) >= 11 is 0. The molecule has 2 aliphatic rings. The molecule has 0 saturated carbocycles. The summed E-state index contributed by atoms with van der Waals surface area (Å²) in [7, 11) is 0. The number of benzene rings is 2. The third-order valence-corrected chi connectivity index (χ3v) is 4.70. The van der Waals surface area contributed by atoms with E-state index in [1.165, 1.54) is 0 Å². The van der Waals surface area contributed by atoms with E-state index < -0.39 is 30.0 Å². The van der Waals surface area contributed by atoms with Gasteiger partial charge in [-0.25, -0.2) is 0 Å². The highest BCUT2D eigenvalue weighted by atomic mass is 16.5. The first kappa shape index (κ1) is 16.4. The highest BCUT2D eigenvalue weighted by molar-refractivity contribution is 5.96. The number of para-hydroxylation sites is 1. The molecule has 2 bridgehead atoms. The van der Waals surface area contributed by atoms with Crippen molar-refractivity contribution in [1.82, 2.24) is 0 Å². The Morgan fingerprint density at radius 2 is 1.38 bits per heavy atom. The van der Waals surface area contributed by atoms with Gasteiger partial charge < -0.3 is 20.5 Å². The quantitative estimate of drug-likeness (QED) is 0.722. The van der Waals surface area contributed by atoms with Crippen LogP contribution in [0.1, 0.15) is 0 Å². The van der Waals surface area contributed by atoms with Gasteiger partial charge in [0.2, 0.25) is 5.91 Å². The average Bonchev–Trinajstić information content (AvgIpc) is 3.25. The molecule has 1 fully saturated rings. The second-order valence-corrected chi connectivity index (χ2v) is 6.40. The molecule has 0 radical (unpaired) electrons. The lowest BCUT2D eigenvalue weighted by molar-refractivity contribution is -0.145. The molecule has 3 N–H and O–H groups in total. The van der Waals surface area contributed by atoms with Crippen molar-refractivity contribution in [3.8, 4) is 0 Å². The minimum Gasteiger partial charge on any atom is -0.481 e. The zero-order valence-electron chi connectivity index (χ0n) is 13.8. The van der Waals surface area contributed by atoms with Gasteiger partial charge in [-0.3, -0.25) is 9.59 Å². The summed E-state index contributed by atoms with van der Waals surface area (Å²) in [5.41, 5.74) is 2.48. The van der Waals surface area contributed by atoms with Gasteiger partial charge in [0.05, 0.1) is 18.1 Å². The van der Waals surface area contributed by atoms with Crippen LogP contribution in [0, 0.1) is 11.8 Å². The lowest BCUT2D eigenvalue weighted by atomic mass is 9.82. The molecule has 4 atom stereocenters. The van der Waals surface area contributed by atoms with Crippen molar-refractivity contribution in [3.05, 3.63) is 66.7 Å². The molecule has 0 spiro atoms. The predicted molar refractivity (Wildman–Crippen MR) is 97.2 cm³/mol. The van der Waals surface area contributed by atoms with Gasteiger partial charge in [-0.2, -0.15) is 0 Å². The summed E-state index contributed by atoms with van der Waals surface area (Å²) in [4.78, 5) is 24.1. The number of carbonyl (C=O) groups is 2. The second kappa shape index (κ2) is 6.65. The van der Waals surface area contributed by atoms with E-state index in [2.05, 4.69) is 10.6 Å². The number of fused-ring (bicyclic) bond motifs is 2. The Bertz CT molecular complexity index is 848. The molecule has 132 valence electrons. The molecule has 2 heterocycles. The Labute approximate surface area is 150 Å². The van der Waals surface area contributed by atoms with Crippen LogP contribution in [0.4, 0.5) is 17.1 Å². The normalized spacial score (nSPS) is 25.8. The number of hydrogen-bond acceptors (Lipinski definition) is 4. The monoisotopic (exact) mass is 350 g/mol. The number of anilines is 3. The van der Waals surface area contributed by atoms with Gasteiger partial charge in [0, 0.05) is 17.1 Å². The van der Waals surface area contributed by atoms with E-state index >= 15 is 0 Å². The van der Waals surface area contributed by atoms with Gasteiger partial charge in [-0.15, -0.1) is 0 Å². The van der Waals surface area contributed by atoms with Crippen LogP contribution in [0.15, 0.2) is 66.7 Å². The molecule has 0 aliphatic carbocycles. The molecule has 2 aromatic carbocycles. The van der Waals surface area contributed by atoms with Gasteiger partial charge in [0.1, 0.15) is 5.92 Å². The first-order valence-corrected chi connectivity index (χ1v) is 8.41. The van der Waals surface area contributed by atoms with E-state index in [1.54, 1.807) is 24.3 Å². The van der Waals surface area contributed by atoms with Gasteiger partial charge in [-0.1, -0.05) is 30.4 Å². The Morgan fingerprint density at radius 3 is 2.04 bits per heavy atom. The first-order valence-electron chi connectivity index (χ1n) is 8.41. The largest absolute Gasteiger partial charge is 0.481 e. The van der Waals surface area contributed by atoms with E-state index in [9.17, 15) is 14.7 Å². The number of rotatable bonds is 5. The smallest absolute Gasteiger partial charge is 0.310 e. The maximum Gasteiger partial charge on any atom is 0.310 e. The fourth-order valence-corrected chi connectivity index (χ4v) is 3.47. The molecule has 6 heteroatoms. The standard InChI is InChI=1S/C20H18N2O4/c23-19(17-15-10-11-16(26-15)18(17)20(24)25)22-14-8-6-13(7-9-14)21-12-4-2-1-3-5-12/h1-11,15-18,21H,(H,22,23)(H,24,25)/t15-,16+,17+,18+/m1/s1. The highest BCUT2D eigenvalue weighted by Crippen LogP contribution is 2.39. The van der Waals surface area contributed by atoms with Crippen LogP contribution in [0.5, 0.6) is 0 Å². The summed E-state index contributed by atoms with van der Waals surface area (Å²) in [6.07, 6.45) is 2.49. The summed E-state index contributed by atoms with van der Waals surface area (Å²) in [5, 5.41) is 15.5. The number of hydrogen-bond donors (Lipinski definition) is 3. The highest BCUT2D eigenvalue weighted by Gasteiger charge is 2.53. The molecule has 26 heavy (non-hydrogen) atoms. The van der Waals surface area contributed by atoms with Crippen LogP contribution in [-0.2, 0) is 14.3 Å². The van der Waals surface area contributed by atoms with E-state index in [4.69, 9.17) is 4.74 Å². The van der Waals surface area contributed by atoms with Crippen LogP contribution in [0.3, 0.4) is 0 Å². The topological polar surface area (TPSA) is 87.7 Å². The zero-order chi connectivity index (χ0) is 18.1. The van der Waals surface area contributed by atoms with E-state index in [0.717, 1.165) is 11.4 Å². The molecule has 1 amide bonds. The number of ether oxygens (including phenoxy) is 1. The molecule has 0 unspecified atom stereocenters. The molecule has 2 aliphatic heterocycles. The van der Waals surface area contributed by atoms with Crippen LogP contribution in [-0.4, -0.2) is 29.2 Å². The predicted octanol–water partition coefficient (Wildman–Crippen LogP) is 3.02. The van der Waals surface area contributed by atoms with Gasteiger partial charge in [0.25, 0.3) is 0 Å². The Morgan fingerprint density at radius 1 is 0.808 bits per heavy atom. The summed E-state index contributed by atoms with van der Waals surface area (Å²) < 4.78 is 5.54. The SMILES string of the molecule is O=C(O)[C@@H]1[C@@H](C(=O)Nc2ccc(Nc3ccccc3)cc2)[C@H]2C=C[C@@H]1O2. The number of carboxylic acid groups (broad SMARTS) is 1. The maximum atomic E-state index is 12.6. The summed E-state index contributed by atoms with van der Waals surface area (Å²) in [6, 6.07) is 17.0. The molecular formula is C20H18N2O4. The lowest BCUT2D eigenvalue weighted by Crippen LogP contribution is -2.39. The first-order chi connectivity index (χ1) is 12.6. The van der Waals surface area contributed by atoms with Crippen LogP contribution < -0.4 is 10.6 Å². The second-order valence-electron chi connectivity index (χ2n) is 6.40. The van der Waals surface area contributed by atoms with Crippen LogP contribution in [0.2, 0.25) is 0 Å². The fourth-order valence-electron chi connectivity index (χ4n) is 3.47. The maximum absolute atomic E-state index is 12.6. The minimum absolute atomic E-state index is 0.335. The van der Waals surface area contributed by atoms with Gasteiger partial charge in [-0.05, 0) is 36.4 Å². The number of amides is 1. The van der Waals surface area contributed by atoms with Crippen LogP contribution >= 0.6 is 0 Å². The Balaban J connectivity index is 1.43. The minimum atomic E-state index is -1.01. The van der Waals surface area contributed by atoms with Crippen molar-refractivity contribution in [2.75, 3.05) is 10.6 Å². The summed E-state index contributed by atoms with van der Waals surface area (Å²) in [6.45, 7) is 0. The number of carboxylic acids is 1. The Kier molecular flexibility index (Phi) is 4.18. The Hall–Kier alpha value is -3.12. The number of nitrogens with one attached hydrogen (secondary N) is 2. The van der Waals surface area contributed by atoms with Gasteiger partial charge >= 0.3 is 5.97 Å². The number of carbonyl (C=O) groups excluding carboxylic acids is 1. The fraction of sp³-hybridized carbons (Fsp3) is 0.200. The molecule has 1 saturated heterocycles. The van der Waals surface area contributed by atoms with Crippen molar-refractivity contribution >= 4 is 28.9 Å². The molecule has 0 aromatic heterocycles. The van der Waals surface area contributed by atoms with Crippen molar-refractivity contribution < 1.29 is 19.4 Å². The van der Waals surface area contributed by atoms with Crippen molar-refractivity contribution in [3.63, 3.8) is 0 Å². The van der Waals surface area contributed by atoms with Crippen LogP contribution in [0.25, 0.3) is 0 Å². The molecule has 4 rings (SSSR count). The summed E-state index contributed by atoms with van der Waals surface area (Å²) in [5.74, 6) is -2.91. The molecular weight excluding hydrogens is 332 g/mol. The lowest BCUT2D eigenvalue weighted by Gasteiger charge is -2.21. The van der Waals surface area contributed by atoms with Crippen molar-refractivity contribution in [2.45, 2.75) is 12.2 Å². The average molecular weight is 350 g/mol. The van der Waals surface area contributed by atoms with E-state index in [1.807, 2.05) is 42.5 Å². The van der Waals surface area contributed by atoms with E-state index in [0.29, 0.717) is 5.69 Å². The molecule has 6 nitrogen and oxygen atoms in total. The van der Waals surface area contributed by atoms with Crippen molar-refractivity contribution in [1.29, 1.82) is 0 Å². The van der Waals surface area contributed by atoms with E-state index in [-0.39, 0.29) is 5.91 Å².